The number of phenols is 1. The highest BCUT2D eigenvalue weighted by atomic mass is 32.2. The minimum atomic E-state index is -1.03. The third-order valence-electron chi connectivity index (χ3n) is 4.81. The lowest BCUT2D eigenvalue weighted by atomic mass is 9.86. The van der Waals surface area contributed by atoms with Crippen molar-refractivity contribution in [3.05, 3.63) is 29.8 Å². The van der Waals surface area contributed by atoms with Gasteiger partial charge >= 0.3 is 5.97 Å². The van der Waals surface area contributed by atoms with Gasteiger partial charge in [0.15, 0.2) is 5.78 Å². The van der Waals surface area contributed by atoms with Crippen molar-refractivity contribution < 1.29 is 24.6 Å². The zero-order valence-electron chi connectivity index (χ0n) is 13.9. The topological polar surface area (TPSA) is 121 Å². The Hall–Kier alpha value is -2.06. The second-order valence-electron chi connectivity index (χ2n) is 6.94. The number of fused-ring (bicyclic) bond motifs is 1. The molecule has 0 saturated carbocycles. The molecular weight excluding hydrogens is 344 g/mol. The summed E-state index contributed by atoms with van der Waals surface area (Å²) in [4.78, 5) is 37.7. The van der Waals surface area contributed by atoms with Gasteiger partial charge in [0, 0.05) is 11.2 Å². The van der Waals surface area contributed by atoms with Crippen molar-refractivity contribution >= 4 is 29.4 Å². The first-order valence-electron chi connectivity index (χ1n) is 7.93. The van der Waals surface area contributed by atoms with Crippen LogP contribution < -0.4 is 5.73 Å². The number of ketones is 1. The largest absolute Gasteiger partial charge is 0.508 e. The number of rotatable bonds is 5. The average molecular weight is 364 g/mol. The molecule has 8 heteroatoms. The predicted molar refractivity (Wildman–Crippen MR) is 91.9 cm³/mol. The average Bonchev–Trinajstić information content (AvgIpc) is 2.80. The molecule has 2 fully saturated rings. The van der Waals surface area contributed by atoms with Gasteiger partial charge in [-0.05, 0) is 31.5 Å². The summed E-state index contributed by atoms with van der Waals surface area (Å²) in [6.45, 7) is 3.59. The van der Waals surface area contributed by atoms with Crippen molar-refractivity contribution in [2.45, 2.75) is 42.5 Å². The molecule has 1 aromatic rings. The van der Waals surface area contributed by atoms with Gasteiger partial charge in [0.2, 0.25) is 5.91 Å². The van der Waals surface area contributed by atoms with Crippen molar-refractivity contribution in [3.8, 4) is 5.75 Å². The van der Waals surface area contributed by atoms with Crippen LogP contribution in [-0.2, 0) is 14.4 Å². The Morgan fingerprint density at radius 3 is 2.48 bits per heavy atom. The molecule has 2 aliphatic rings. The number of nitrogens with zero attached hydrogens (tertiary/aromatic N) is 1. The number of hydrogen-bond acceptors (Lipinski definition) is 6. The Kier molecular flexibility index (Phi) is 4.28. The van der Waals surface area contributed by atoms with Gasteiger partial charge in [0.05, 0.1) is 17.3 Å². The lowest BCUT2D eigenvalue weighted by Crippen LogP contribution is -2.63. The molecule has 4 atom stereocenters. The van der Waals surface area contributed by atoms with E-state index in [0.29, 0.717) is 5.56 Å². The number of carbonyl (C=O) groups excluding carboxylic acids is 2. The third kappa shape index (κ3) is 2.89. The van der Waals surface area contributed by atoms with Gasteiger partial charge in [-0.3, -0.25) is 9.59 Å². The SMILES string of the molecule is CC1(C)SC2C(CC(=O)C(N)c3ccc(O)cc3)C(=O)N2C1C(=O)O. The lowest BCUT2D eigenvalue weighted by molar-refractivity contribution is -0.164. The Labute approximate surface area is 149 Å². The number of aliphatic carboxylic acids is 1. The number of phenolic OH excluding ortho intramolecular Hbond substituents is 1. The maximum atomic E-state index is 12.5. The zero-order chi connectivity index (χ0) is 18.5. The first kappa shape index (κ1) is 17.8. The predicted octanol–water partition coefficient (Wildman–Crippen LogP) is 1.11. The monoisotopic (exact) mass is 364 g/mol. The summed E-state index contributed by atoms with van der Waals surface area (Å²) < 4.78 is -0.608. The molecule has 2 saturated heterocycles. The van der Waals surface area contributed by atoms with E-state index in [1.807, 2.05) is 0 Å². The van der Waals surface area contributed by atoms with Gasteiger partial charge in [-0.25, -0.2) is 4.79 Å². The number of carboxylic acid groups (broad SMARTS) is 1. The number of thioether (sulfide) groups is 1. The fourth-order valence-corrected chi connectivity index (χ4v) is 5.17. The number of nitrogens with two attached hydrogens (primary N) is 1. The van der Waals surface area contributed by atoms with Crippen LogP contribution in [-0.4, -0.2) is 48.9 Å². The molecule has 25 heavy (non-hydrogen) atoms. The Bertz CT molecular complexity index is 733. The van der Waals surface area contributed by atoms with Crippen molar-refractivity contribution in [2.24, 2.45) is 11.7 Å². The summed E-state index contributed by atoms with van der Waals surface area (Å²) >= 11 is 1.42. The van der Waals surface area contributed by atoms with Crippen LogP contribution in [0, 0.1) is 5.92 Å². The Morgan fingerprint density at radius 1 is 1.32 bits per heavy atom. The van der Waals surface area contributed by atoms with Crippen LogP contribution in [0.15, 0.2) is 24.3 Å². The minimum Gasteiger partial charge on any atom is -0.508 e. The second kappa shape index (κ2) is 6.03. The maximum absolute atomic E-state index is 12.5. The van der Waals surface area contributed by atoms with Crippen LogP contribution in [0.3, 0.4) is 0 Å². The Morgan fingerprint density at radius 2 is 1.92 bits per heavy atom. The van der Waals surface area contributed by atoms with Crippen LogP contribution >= 0.6 is 11.8 Å². The van der Waals surface area contributed by atoms with E-state index >= 15 is 0 Å². The molecule has 134 valence electrons. The van der Waals surface area contributed by atoms with E-state index in [0.717, 1.165) is 0 Å². The smallest absolute Gasteiger partial charge is 0.327 e. The molecule has 2 aliphatic heterocycles. The van der Waals surface area contributed by atoms with E-state index in [9.17, 15) is 24.6 Å². The molecule has 0 aliphatic carbocycles. The minimum absolute atomic E-state index is 0.0164. The molecule has 3 rings (SSSR count). The first-order chi connectivity index (χ1) is 11.6. The quantitative estimate of drug-likeness (QED) is 0.669. The van der Waals surface area contributed by atoms with E-state index in [1.54, 1.807) is 26.0 Å². The number of benzene rings is 1. The third-order valence-corrected chi connectivity index (χ3v) is 6.43. The van der Waals surface area contributed by atoms with Crippen molar-refractivity contribution in [3.63, 3.8) is 0 Å². The molecule has 0 radical (unpaired) electrons. The molecular formula is C17H20N2O5S. The zero-order valence-corrected chi connectivity index (χ0v) is 14.7. The van der Waals surface area contributed by atoms with Crippen LogP contribution in [0.1, 0.15) is 31.9 Å². The molecule has 0 aromatic heterocycles. The van der Waals surface area contributed by atoms with Crippen molar-refractivity contribution in [1.29, 1.82) is 0 Å². The summed E-state index contributed by atoms with van der Waals surface area (Å²) in [5, 5.41) is 18.4. The van der Waals surface area contributed by atoms with Gasteiger partial charge in [-0.2, -0.15) is 0 Å². The second-order valence-corrected chi connectivity index (χ2v) is 8.72. The number of carbonyl (C=O) groups is 3. The molecule has 0 bridgehead atoms. The van der Waals surface area contributed by atoms with Crippen molar-refractivity contribution in [2.75, 3.05) is 0 Å². The van der Waals surface area contributed by atoms with E-state index in [2.05, 4.69) is 0 Å². The summed E-state index contributed by atoms with van der Waals surface area (Å²) in [6.07, 6.45) is -0.0164. The first-order valence-corrected chi connectivity index (χ1v) is 8.81. The number of β-lactam (4-membered cyclic amide) rings is 1. The van der Waals surface area contributed by atoms with Crippen LogP contribution in [0.25, 0.3) is 0 Å². The van der Waals surface area contributed by atoms with E-state index < -0.39 is 28.7 Å². The van der Waals surface area contributed by atoms with Gasteiger partial charge in [0.25, 0.3) is 0 Å². The maximum Gasteiger partial charge on any atom is 0.327 e. The summed E-state index contributed by atoms with van der Waals surface area (Å²) in [7, 11) is 0. The van der Waals surface area contributed by atoms with Crippen LogP contribution in [0.5, 0.6) is 5.75 Å². The van der Waals surface area contributed by atoms with Gasteiger partial charge in [0.1, 0.15) is 11.8 Å². The number of hydrogen-bond donors (Lipinski definition) is 3. The number of aromatic hydroxyl groups is 1. The van der Waals surface area contributed by atoms with E-state index in [1.165, 1.54) is 28.8 Å². The highest BCUT2D eigenvalue weighted by Crippen LogP contribution is 2.54. The summed E-state index contributed by atoms with van der Waals surface area (Å²) in [6, 6.07) is 4.28. The normalized spacial score (nSPS) is 28.2. The van der Waals surface area contributed by atoms with Gasteiger partial charge < -0.3 is 20.8 Å². The lowest BCUT2D eigenvalue weighted by Gasteiger charge is -2.43. The van der Waals surface area contributed by atoms with Crippen molar-refractivity contribution in [1.82, 2.24) is 4.90 Å². The van der Waals surface area contributed by atoms with E-state index in [-0.39, 0.29) is 29.2 Å². The highest BCUT2D eigenvalue weighted by Gasteiger charge is 2.63. The van der Waals surface area contributed by atoms with Gasteiger partial charge in [-0.15, -0.1) is 11.8 Å². The standard InChI is InChI=1S/C17H20N2O5S/c1-17(2)13(16(23)24)19-14(22)10(15(19)25-17)7-11(21)12(18)8-3-5-9(20)6-4-8/h3-6,10,12-13,15,20H,7,18H2,1-2H3,(H,23,24). The van der Waals surface area contributed by atoms with E-state index in [4.69, 9.17) is 5.73 Å². The summed E-state index contributed by atoms with van der Waals surface area (Å²) in [5.74, 6) is -2.07. The van der Waals surface area contributed by atoms with Crippen LogP contribution in [0.2, 0.25) is 0 Å². The molecule has 4 N–H and O–H groups in total. The number of amides is 1. The molecule has 7 nitrogen and oxygen atoms in total. The van der Waals surface area contributed by atoms with Crippen LogP contribution in [0.4, 0.5) is 0 Å². The highest BCUT2D eigenvalue weighted by molar-refractivity contribution is 8.01. The Balaban J connectivity index is 1.70. The molecule has 1 amide bonds. The number of Topliss-reactive ketones (excluding diaryl/α,β-unsaturated/α-hetero) is 1. The molecule has 4 unspecified atom stereocenters. The molecule has 2 heterocycles. The summed E-state index contributed by atoms with van der Waals surface area (Å²) in [5.41, 5.74) is 6.53. The fraction of sp³-hybridized carbons (Fsp3) is 0.471. The molecule has 1 aromatic carbocycles. The number of carboxylic acids is 1. The molecule has 0 spiro atoms. The fourth-order valence-electron chi connectivity index (χ4n) is 3.49. The van der Waals surface area contributed by atoms with Gasteiger partial charge in [-0.1, -0.05) is 12.1 Å².